The molecule has 0 atom stereocenters. The van der Waals surface area contributed by atoms with Crippen molar-refractivity contribution in [2.45, 2.75) is 19.7 Å². The van der Waals surface area contributed by atoms with Crippen molar-refractivity contribution in [2.24, 2.45) is 0 Å². The van der Waals surface area contributed by atoms with Crippen LogP contribution in [-0.4, -0.2) is 11.6 Å². The van der Waals surface area contributed by atoms with Crippen molar-refractivity contribution in [3.8, 4) is 17.0 Å². The van der Waals surface area contributed by atoms with Crippen molar-refractivity contribution in [3.63, 3.8) is 0 Å². The maximum atomic E-state index is 5.85. The van der Waals surface area contributed by atoms with E-state index < -0.39 is 0 Å². The van der Waals surface area contributed by atoms with Crippen molar-refractivity contribution in [1.82, 2.24) is 4.98 Å². The molecule has 0 aliphatic carbocycles. The number of halogens is 1. The molecule has 3 aromatic rings. The molecule has 0 saturated heterocycles. The highest BCUT2D eigenvalue weighted by Gasteiger charge is 2.07. The maximum Gasteiger partial charge on any atom is 0.120 e. The van der Waals surface area contributed by atoms with Crippen LogP contribution in [0.4, 0.5) is 0 Å². The number of alkyl halides is 1. The van der Waals surface area contributed by atoms with E-state index >= 15 is 0 Å². The number of pyridine rings is 1. The van der Waals surface area contributed by atoms with E-state index in [-0.39, 0.29) is 0 Å². The van der Waals surface area contributed by atoms with Gasteiger partial charge in [0.1, 0.15) is 5.75 Å². The third-order valence-electron chi connectivity index (χ3n) is 3.67. The molecular weight excluding hydrogens is 294 g/mol. The third kappa shape index (κ3) is 2.93. The number of hydrogen-bond donors (Lipinski definition) is 0. The Hall–Kier alpha value is -2.06. The first-order chi connectivity index (χ1) is 10.7. The molecule has 1 aromatic heterocycles. The molecular formula is C19H18ClNO. The average Bonchev–Trinajstić information content (AvgIpc) is 2.54. The van der Waals surface area contributed by atoms with E-state index in [9.17, 15) is 0 Å². The highest BCUT2D eigenvalue weighted by atomic mass is 35.5. The molecule has 0 radical (unpaired) electrons. The molecule has 0 aliphatic heterocycles. The van der Waals surface area contributed by atoms with Crippen LogP contribution < -0.4 is 4.74 Å². The summed E-state index contributed by atoms with van der Waals surface area (Å²) in [4.78, 5) is 4.81. The molecule has 0 spiro atoms. The monoisotopic (exact) mass is 311 g/mol. The molecule has 0 unspecified atom stereocenters. The van der Waals surface area contributed by atoms with Gasteiger partial charge in [-0.1, -0.05) is 24.3 Å². The lowest BCUT2D eigenvalue weighted by atomic mass is 10.0. The van der Waals surface area contributed by atoms with Crippen LogP contribution in [0.25, 0.3) is 22.2 Å². The summed E-state index contributed by atoms with van der Waals surface area (Å²) in [6.45, 7) is 4.74. The van der Waals surface area contributed by atoms with Gasteiger partial charge in [-0.3, -0.25) is 0 Å². The topological polar surface area (TPSA) is 22.1 Å². The van der Waals surface area contributed by atoms with E-state index in [1.807, 2.05) is 37.3 Å². The second-order valence-corrected chi connectivity index (χ2v) is 5.54. The van der Waals surface area contributed by atoms with E-state index in [0.29, 0.717) is 12.5 Å². The zero-order chi connectivity index (χ0) is 15.5. The molecule has 3 heteroatoms. The summed E-state index contributed by atoms with van der Waals surface area (Å²) < 4.78 is 5.55. The van der Waals surface area contributed by atoms with Crippen LogP contribution in [-0.2, 0) is 5.88 Å². The molecule has 112 valence electrons. The van der Waals surface area contributed by atoms with Gasteiger partial charge in [-0.25, -0.2) is 4.98 Å². The number of fused-ring (bicyclic) bond motifs is 1. The van der Waals surface area contributed by atoms with Crippen molar-refractivity contribution in [1.29, 1.82) is 0 Å². The Morgan fingerprint density at radius 2 is 1.82 bits per heavy atom. The predicted molar refractivity (Wildman–Crippen MR) is 92.6 cm³/mol. The number of nitrogens with zero attached hydrogens (tertiary/aromatic N) is 1. The second kappa shape index (κ2) is 6.37. The lowest BCUT2D eigenvalue weighted by Gasteiger charge is -2.10. The number of benzene rings is 2. The highest BCUT2D eigenvalue weighted by molar-refractivity contribution is 6.17. The fourth-order valence-corrected chi connectivity index (χ4v) is 2.74. The van der Waals surface area contributed by atoms with Crippen LogP contribution >= 0.6 is 11.6 Å². The standard InChI is InChI=1S/C19H18ClNO/c1-3-22-17-8-9-18-16(11-17)10-13(2)19(21-18)15-6-4-14(12-20)5-7-15/h4-11H,3,12H2,1-2H3. The van der Waals surface area contributed by atoms with Gasteiger partial charge in [0.05, 0.1) is 17.8 Å². The Balaban J connectivity index is 2.06. The first-order valence-corrected chi connectivity index (χ1v) is 7.94. The third-order valence-corrected chi connectivity index (χ3v) is 3.98. The molecule has 0 bridgehead atoms. The molecule has 1 heterocycles. The van der Waals surface area contributed by atoms with Crippen molar-refractivity contribution < 1.29 is 4.74 Å². The van der Waals surface area contributed by atoms with Crippen LogP contribution in [0.1, 0.15) is 18.1 Å². The van der Waals surface area contributed by atoms with Crippen LogP contribution in [0.5, 0.6) is 5.75 Å². The normalized spacial score (nSPS) is 10.9. The molecule has 0 saturated carbocycles. The van der Waals surface area contributed by atoms with Crippen molar-refractivity contribution in [3.05, 3.63) is 59.7 Å². The summed E-state index contributed by atoms with van der Waals surface area (Å²) >= 11 is 5.85. The molecule has 0 fully saturated rings. The Morgan fingerprint density at radius 3 is 2.50 bits per heavy atom. The van der Waals surface area contributed by atoms with Gasteiger partial charge in [-0.15, -0.1) is 11.6 Å². The second-order valence-electron chi connectivity index (χ2n) is 5.27. The fourth-order valence-electron chi connectivity index (χ4n) is 2.56. The SMILES string of the molecule is CCOc1ccc2nc(-c3ccc(CCl)cc3)c(C)cc2c1. The number of rotatable bonds is 4. The smallest absolute Gasteiger partial charge is 0.120 e. The summed E-state index contributed by atoms with van der Waals surface area (Å²) in [7, 11) is 0. The lowest BCUT2D eigenvalue weighted by molar-refractivity contribution is 0.340. The first kappa shape index (κ1) is 14.9. The Labute approximate surface area is 135 Å². The zero-order valence-corrected chi connectivity index (χ0v) is 13.5. The summed E-state index contributed by atoms with van der Waals surface area (Å²) in [5.74, 6) is 1.42. The number of aromatic nitrogens is 1. The van der Waals surface area contributed by atoms with Crippen LogP contribution in [0.3, 0.4) is 0 Å². The minimum atomic E-state index is 0.532. The molecule has 2 nitrogen and oxygen atoms in total. The largest absolute Gasteiger partial charge is 0.494 e. The average molecular weight is 312 g/mol. The minimum absolute atomic E-state index is 0.532. The van der Waals surface area contributed by atoms with Gasteiger partial charge in [0, 0.05) is 16.8 Å². The van der Waals surface area contributed by atoms with Crippen LogP contribution in [0.2, 0.25) is 0 Å². The summed E-state index contributed by atoms with van der Waals surface area (Å²) in [5.41, 5.74) is 5.37. The fraction of sp³-hybridized carbons (Fsp3) is 0.211. The Morgan fingerprint density at radius 1 is 1.05 bits per heavy atom. The minimum Gasteiger partial charge on any atom is -0.494 e. The van der Waals surface area contributed by atoms with E-state index in [0.717, 1.165) is 39.0 Å². The van der Waals surface area contributed by atoms with Gasteiger partial charge in [0.2, 0.25) is 0 Å². The van der Waals surface area contributed by atoms with E-state index in [1.165, 1.54) is 0 Å². The number of ether oxygens (including phenoxy) is 1. The molecule has 0 N–H and O–H groups in total. The number of aryl methyl sites for hydroxylation is 1. The van der Waals surface area contributed by atoms with Gasteiger partial charge in [-0.05, 0) is 49.2 Å². The summed E-state index contributed by atoms with van der Waals surface area (Å²) in [6, 6.07) is 16.4. The maximum absolute atomic E-state index is 5.85. The molecule has 3 rings (SSSR count). The van der Waals surface area contributed by atoms with Gasteiger partial charge >= 0.3 is 0 Å². The highest BCUT2D eigenvalue weighted by Crippen LogP contribution is 2.27. The van der Waals surface area contributed by atoms with E-state index in [4.69, 9.17) is 21.3 Å². The van der Waals surface area contributed by atoms with Crippen LogP contribution in [0, 0.1) is 6.92 Å². The first-order valence-electron chi connectivity index (χ1n) is 7.40. The zero-order valence-electron chi connectivity index (χ0n) is 12.8. The van der Waals surface area contributed by atoms with Crippen LogP contribution in [0.15, 0.2) is 48.5 Å². The lowest BCUT2D eigenvalue weighted by Crippen LogP contribution is -1.93. The number of hydrogen-bond acceptors (Lipinski definition) is 2. The summed E-state index contributed by atoms with van der Waals surface area (Å²) in [5, 5.41) is 1.10. The quantitative estimate of drug-likeness (QED) is 0.606. The predicted octanol–water partition coefficient (Wildman–Crippen LogP) is 5.35. The summed E-state index contributed by atoms with van der Waals surface area (Å²) in [6.07, 6.45) is 0. The van der Waals surface area contributed by atoms with E-state index in [2.05, 4.69) is 25.1 Å². The van der Waals surface area contributed by atoms with E-state index in [1.54, 1.807) is 0 Å². The molecule has 0 amide bonds. The van der Waals surface area contributed by atoms with Crippen molar-refractivity contribution >= 4 is 22.5 Å². The van der Waals surface area contributed by atoms with Gasteiger partial charge in [0.15, 0.2) is 0 Å². The Bertz CT molecular complexity index is 796. The Kier molecular flexibility index (Phi) is 4.30. The molecule has 0 aliphatic rings. The van der Waals surface area contributed by atoms with Gasteiger partial charge in [-0.2, -0.15) is 0 Å². The molecule has 2 aromatic carbocycles. The molecule has 22 heavy (non-hydrogen) atoms. The van der Waals surface area contributed by atoms with Gasteiger partial charge in [0.25, 0.3) is 0 Å². The van der Waals surface area contributed by atoms with Crippen molar-refractivity contribution in [2.75, 3.05) is 6.61 Å². The van der Waals surface area contributed by atoms with Gasteiger partial charge < -0.3 is 4.74 Å².